The molecule has 1 saturated carbocycles. The fourth-order valence-corrected chi connectivity index (χ4v) is 3.06. The average Bonchev–Trinajstić information content (AvgIpc) is 2.43. The Morgan fingerprint density at radius 1 is 1.00 bits per heavy atom. The van der Waals surface area contributed by atoms with Crippen molar-refractivity contribution >= 4 is 11.7 Å². The number of nitrogens with zero attached hydrogens (tertiary/aromatic N) is 2. The first-order valence-corrected chi connectivity index (χ1v) is 8.56. The van der Waals surface area contributed by atoms with Crippen LogP contribution in [-0.4, -0.2) is 55.7 Å². The van der Waals surface area contributed by atoms with Crippen LogP contribution in [0.25, 0.3) is 0 Å². The Kier molecular flexibility index (Phi) is 7.04. The van der Waals surface area contributed by atoms with Crippen molar-refractivity contribution in [2.24, 2.45) is 17.3 Å². The van der Waals surface area contributed by atoms with Gasteiger partial charge in [-0.25, -0.2) is 0 Å². The Morgan fingerprint density at radius 2 is 1.59 bits per heavy atom. The molecule has 1 aliphatic rings. The van der Waals surface area contributed by atoms with Crippen LogP contribution in [0.4, 0.5) is 0 Å². The molecule has 0 spiro atoms. The lowest BCUT2D eigenvalue weighted by molar-refractivity contribution is -0.138. The van der Waals surface area contributed by atoms with Crippen molar-refractivity contribution in [1.82, 2.24) is 9.80 Å². The van der Waals surface area contributed by atoms with Crippen LogP contribution in [0.1, 0.15) is 52.9 Å². The highest BCUT2D eigenvalue weighted by atomic mass is 16.2. The highest BCUT2D eigenvalue weighted by Gasteiger charge is 2.35. The van der Waals surface area contributed by atoms with E-state index in [0.29, 0.717) is 6.42 Å². The van der Waals surface area contributed by atoms with E-state index in [1.165, 1.54) is 0 Å². The van der Waals surface area contributed by atoms with Gasteiger partial charge in [-0.05, 0) is 32.9 Å². The van der Waals surface area contributed by atoms with E-state index in [0.717, 1.165) is 38.8 Å². The standard InChI is InChI=1S/C18H34N2O2/c1-18(2,3)16(21)13-14-9-7-8-10-15(14)17(22)20(6)12-11-19(4)5/h14-15H,7-13H2,1-6H3/t14-,15?/m1/s1. The van der Waals surface area contributed by atoms with Crippen molar-refractivity contribution in [2.45, 2.75) is 52.9 Å². The summed E-state index contributed by atoms with van der Waals surface area (Å²) in [5.41, 5.74) is -0.304. The van der Waals surface area contributed by atoms with Gasteiger partial charge in [0.15, 0.2) is 0 Å². The van der Waals surface area contributed by atoms with Gasteiger partial charge in [0.2, 0.25) is 5.91 Å². The number of hydrogen-bond acceptors (Lipinski definition) is 3. The molecule has 1 unspecified atom stereocenters. The van der Waals surface area contributed by atoms with Crippen molar-refractivity contribution in [3.63, 3.8) is 0 Å². The number of likely N-dealkylation sites (N-methyl/N-ethyl adjacent to an activating group) is 2. The maximum Gasteiger partial charge on any atom is 0.225 e. The summed E-state index contributed by atoms with van der Waals surface area (Å²) in [7, 11) is 5.93. The van der Waals surface area contributed by atoms with Crippen molar-refractivity contribution in [3.05, 3.63) is 0 Å². The van der Waals surface area contributed by atoms with Crippen LogP contribution in [0.2, 0.25) is 0 Å². The molecule has 0 heterocycles. The summed E-state index contributed by atoms with van der Waals surface area (Å²) in [4.78, 5) is 29.0. The topological polar surface area (TPSA) is 40.6 Å². The Bertz CT molecular complexity index is 385. The van der Waals surface area contributed by atoms with Gasteiger partial charge in [0.25, 0.3) is 0 Å². The van der Waals surface area contributed by atoms with Crippen molar-refractivity contribution in [2.75, 3.05) is 34.2 Å². The maximum absolute atomic E-state index is 12.7. The largest absolute Gasteiger partial charge is 0.344 e. The minimum absolute atomic E-state index is 0.0345. The normalized spacial score (nSPS) is 22.7. The molecule has 0 aromatic carbocycles. The van der Waals surface area contributed by atoms with Crippen molar-refractivity contribution in [1.29, 1.82) is 0 Å². The third-order valence-electron chi connectivity index (χ3n) is 4.77. The lowest BCUT2D eigenvalue weighted by atomic mass is 9.73. The van der Waals surface area contributed by atoms with Gasteiger partial charge in [0.1, 0.15) is 5.78 Å². The van der Waals surface area contributed by atoms with Crippen LogP contribution >= 0.6 is 0 Å². The minimum atomic E-state index is -0.304. The molecule has 0 radical (unpaired) electrons. The summed E-state index contributed by atoms with van der Waals surface area (Å²) in [5.74, 6) is 0.781. The maximum atomic E-state index is 12.7. The van der Waals surface area contributed by atoms with Crippen LogP contribution in [0.15, 0.2) is 0 Å². The molecule has 4 nitrogen and oxygen atoms in total. The van der Waals surface area contributed by atoms with Crippen LogP contribution < -0.4 is 0 Å². The summed E-state index contributed by atoms with van der Waals surface area (Å²) in [6.07, 6.45) is 4.76. The van der Waals surface area contributed by atoms with Crippen molar-refractivity contribution in [3.8, 4) is 0 Å². The Morgan fingerprint density at radius 3 is 2.14 bits per heavy atom. The lowest BCUT2D eigenvalue weighted by Crippen LogP contribution is -2.42. The predicted molar refractivity (Wildman–Crippen MR) is 90.7 cm³/mol. The molecule has 22 heavy (non-hydrogen) atoms. The van der Waals surface area contributed by atoms with Gasteiger partial charge in [0.05, 0.1) is 0 Å². The zero-order valence-corrected chi connectivity index (χ0v) is 15.3. The molecule has 1 fully saturated rings. The predicted octanol–water partition coefficient (Wildman–Crippen LogP) is 2.82. The Labute approximate surface area is 136 Å². The van der Waals surface area contributed by atoms with Gasteiger partial charge in [-0.1, -0.05) is 33.6 Å². The second kappa shape index (κ2) is 8.09. The fourth-order valence-electron chi connectivity index (χ4n) is 3.06. The van der Waals surface area contributed by atoms with E-state index in [1.54, 1.807) is 0 Å². The van der Waals surface area contributed by atoms with Gasteiger partial charge < -0.3 is 9.80 Å². The molecule has 1 amide bonds. The monoisotopic (exact) mass is 310 g/mol. The summed E-state index contributed by atoms with van der Waals surface area (Å²) < 4.78 is 0. The van der Waals surface area contributed by atoms with E-state index in [2.05, 4.69) is 4.90 Å². The molecular formula is C18H34N2O2. The molecule has 1 rings (SSSR count). The highest BCUT2D eigenvalue weighted by Crippen LogP contribution is 2.35. The second-order valence-electron chi connectivity index (χ2n) is 8.09. The molecule has 0 bridgehead atoms. The number of ketones is 1. The smallest absolute Gasteiger partial charge is 0.225 e. The molecule has 4 heteroatoms. The third kappa shape index (κ3) is 5.71. The molecule has 2 atom stereocenters. The zero-order chi connectivity index (χ0) is 16.9. The highest BCUT2D eigenvalue weighted by molar-refractivity contribution is 5.85. The first kappa shape index (κ1) is 19.1. The average molecular weight is 310 g/mol. The zero-order valence-electron chi connectivity index (χ0n) is 15.3. The molecule has 0 saturated heterocycles. The molecule has 0 aromatic heterocycles. The summed E-state index contributed by atoms with van der Waals surface area (Å²) >= 11 is 0. The third-order valence-corrected chi connectivity index (χ3v) is 4.77. The van der Waals surface area contributed by atoms with Crippen LogP contribution in [0.5, 0.6) is 0 Å². The van der Waals surface area contributed by atoms with Crippen LogP contribution in [0.3, 0.4) is 0 Å². The fraction of sp³-hybridized carbons (Fsp3) is 0.889. The van der Waals surface area contributed by atoms with E-state index < -0.39 is 0 Å². The Balaban J connectivity index is 2.68. The Hall–Kier alpha value is -0.900. The SMILES string of the molecule is CN(C)CCN(C)C(=O)C1CCCC[C@@H]1CC(=O)C(C)(C)C. The van der Waals surface area contributed by atoms with Gasteiger partial charge in [-0.2, -0.15) is 0 Å². The number of Topliss-reactive ketones (excluding diaryl/α,β-unsaturated/α-hetero) is 1. The number of hydrogen-bond donors (Lipinski definition) is 0. The second-order valence-corrected chi connectivity index (χ2v) is 8.09. The summed E-state index contributed by atoms with van der Waals surface area (Å²) in [5, 5.41) is 0. The molecule has 128 valence electrons. The van der Waals surface area contributed by atoms with E-state index >= 15 is 0 Å². The number of carbonyl (C=O) groups excluding carboxylic acids is 2. The molecule has 0 N–H and O–H groups in total. The minimum Gasteiger partial charge on any atom is -0.344 e. The van der Waals surface area contributed by atoms with Gasteiger partial charge >= 0.3 is 0 Å². The van der Waals surface area contributed by atoms with Gasteiger partial charge in [-0.15, -0.1) is 0 Å². The molecule has 0 aromatic rings. The van der Waals surface area contributed by atoms with Gasteiger partial charge in [0, 0.05) is 37.9 Å². The lowest BCUT2D eigenvalue weighted by Gasteiger charge is -2.34. The quantitative estimate of drug-likeness (QED) is 0.757. The molecular weight excluding hydrogens is 276 g/mol. The first-order valence-electron chi connectivity index (χ1n) is 8.56. The van der Waals surface area contributed by atoms with E-state index in [9.17, 15) is 9.59 Å². The van der Waals surface area contributed by atoms with Crippen LogP contribution in [0, 0.1) is 17.3 Å². The van der Waals surface area contributed by atoms with E-state index in [1.807, 2.05) is 46.8 Å². The van der Waals surface area contributed by atoms with E-state index in [4.69, 9.17) is 0 Å². The molecule has 0 aliphatic heterocycles. The van der Waals surface area contributed by atoms with Gasteiger partial charge in [-0.3, -0.25) is 9.59 Å². The summed E-state index contributed by atoms with van der Waals surface area (Å²) in [6, 6.07) is 0. The van der Waals surface area contributed by atoms with Crippen molar-refractivity contribution < 1.29 is 9.59 Å². The number of carbonyl (C=O) groups is 2. The first-order chi connectivity index (χ1) is 10.1. The van der Waals surface area contributed by atoms with E-state index in [-0.39, 0.29) is 28.9 Å². The number of amides is 1. The van der Waals surface area contributed by atoms with Crippen LogP contribution in [-0.2, 0) is 9.59 Å². The number of rotatable bonds is 6. The summed E-state index contributed by atoms with van der Waals surface area (Å²) in [6.45, 7) is 7.54. The molecule has 1 aliphatic carbocycles.